The van der Waals surface area contributed by atoms with Gasteiger partial charge in [-0.2, -0.15) is 0 Å². The molecule has 1 unspecified atom stereocenters. The third kappa shape index (κ3) is 68.5. The molecule has 0 rings (SSSR count). The molecule has 1 atom stereocenters. The summed E-state index contributed by atoms with van der Waals surface area (Å²) < 4.78 is 16.9. The smallest absolute Gasteiger partial charge is 0.306 e. The highest BCUT2D eigenvalue weighted by molar-refractivity contribution is 5.71. The van der Waals surface area contributed by atoms with E-state index in [9.17, 15) is 14.4 Å². The summed E-state index contributed by atoms with van der Waals surface area (Å²) in [4.78, 5) is 38.2. The van der Waals surface area contributed by atoms with E-state index in [1.165, 1.54) is 154 Å². The number of carbonyl (C=O) groups is 3. The Hall–Kier alpha value is -4.19. The van der Waals surface area contributed by atoms with Crippen molar-refractivity contribution in [3.63, 3.8) is 0 Å². The lowest BCUT2D eigenvalue weighted by molar-refractivity contribution is -0.167. The van der Waals surface area contributed by atoms with E-state index in [0.717, 1.165) is 135 Å². The second kappa shape index (κ2) is 70.3. The Balaban J connectivity index is 4.07. The van der Waals surface area contributed by atoms with Crippen LogP contribution in [0.4, 0.5) is 0 Å². The van der Waals surface area contributed by atoms with E-state index >= 15 is 0 Å². The van der Waals surface area contributed by atoms with Gasteiger partial charge in [0, 0.05) is 19.3 Å². The molecule has 6 heteroatoms. The van der Waals surface area contributed by atoms with Crippen molar-refractivity contribution in [2.24, 2.45) is 0 Å². The second-order valence-electron chi connectivity index (χ2n) is 23.0. The largest absolute Gasteiger partial charge is 0.462 e. The Kier molecular flexibility index (Phi) is 66.7. The van der Waals surface area contributed by atoms with Gasteiger partial charge in [-0.25, -0.2) is 0 Å². The van der Waals surface area contributed by atoms with E-state index < -0.39 is 6.10 Å². The highest BCUT2D eigenvalue weighted by Gasteiger charge is 2.19. The fraction of sp³-hybridized carbons (Fsp3) is 0.701. The van der Waals surface area contributed by atoms with Gasteiger partial charge in [-0.3, -0.25) is 14.4 Å². The molecule has 0 aliphatic heterocycles. The van der Waals surface area contributed by atoms with Crippen molar-refractivity contribution in [3.8, 4) is 0 Å². The monoisotopic (exact) mass is 1150 g/mol. The summed E-state index contributed by atoms with van der Waals surface area (Å²) in [5, 5.41) is 0. The number of carbonyl (C=O) groups excluding carboxylic acids is 3. The van der Waals surface area contributed by atoms with Gasteiger partial charge in [0.15, 0.2) is 6.10 Å². The first-order valence-electron chi connectivity index (χ1n) is 35.0. The van der Waals surface area contributed by atoms with Crippen LogP contribution in [0.2, 0.25) is 0 Å². The van der Waals surface area contributed by atoms with Gasteiger partial charge in [0.2, 0.25) is 0 Å². The molecule has 0 amide bonds. The molecule has 0 aliphatic carbocycles. The van der Waals surface area contributed by atoms with Crippen LogP contribution in [-0.4, -0.2) is 37.2 Å². The standard InChI is InChI=1S/C77H130O6/c1-4-7-10-13-16-18-20-22-24-26-28-30-32-34-35-36-37-38-39-40-41-43-44-46-48-50-52-54-56-58-61-64-67-70-76(79)82-73-74(72-81-75(78)69-66-63-60-15-12-9-6-3)83-77(80)71-68-65-62-59-57-55-53-51-49-47-45-42-33-31-29-27-25-23-21-19-17-14-11-8-5-2/h7-8,10-11,16-19,22-25,28-31,42,45,49,51,74H,4-6,9,12-15,20-21,26-27,32-41,43-44,46-48,50,52-73H2,1-3H3/b10-7-,11-8-,18-16-,19-17-,24-22-,25-23-,30-28-,31-29-,45-42-,51-49-. The molecular formula is C77H130O6. The van der Waals surface area contributed by atoms with Crippen molar-refractivity contribution >= 4 is 17.9 Å². The molecule has 0 saturated carbocycles. The number of esters is 3. The Morgan fingerprint density at radius 2 is 0.470 bits per heavy atom. The zero-order chi connectivity index (χ0) is 59.9. The number of unbranched alkanes of at least 4 members (excludes halogenated alkanes) is 32. The average Bonchev–Trinajstić information content (AvgIpc) is 3.50. The van der Waals surface area contributed by atoms with E-state index in [2.05, 4.69) is 142 Å². The summed E-state index contributed by atoms with van der Waals surface area (Å²) in [6.45, 7) is 6.38. The van der Waals surface area contributed by atoms with Crippen LogP contribution in [0, 0.1) is 0 Å². The second-order valence-corrected chi connectivity index (χ2v) is 23.0. The van der Waals surface area contributed by atoms with Gasteiger partial charge < -0.3 is 14.2 Å². The minimum atomic E-state index is -0.785. The highest BCUT2D eigenvalue weighted by atomic mass is 16.6. The van der Waals surface area contributed by atoms with E-state index in [-0.39, 0.29) is 31.1 Å². The number of hydrogen-bond acceptors (Lipinski definition) is 6. The van der Waals surface area contributed by atoms with Crippen molar-refractivity contribution in [2.75, 3.05) is 13.2 Å². The number of ether oxygens (including phenoxy) is 3. The number of allylic oxidation sites excluding steroid dienone is 20. The van der Waals surface area contributed by atoms with Crippen molar-refractivity contribution in [3.05, 3.63) is 122 Å². The lowest BCUT2D eigenvalue weighted by Gasteiger charge is -2.18. The van der Waals surface area contributed by atoms with E-state index in [0.29, 0.717) is 19.3 Å². The predicted molar refractivity (Wildman–Crippen MR) is 362 cm³/mol. The molecule has 0 N–H and O–H groups in total. The molecule has 474 valence electrons. The predicted octanol–water partition coefficient (Wildman–Crippen LogP) is 24.3. The van der Waals surface area contributed by atoms with Gasteiger partial charge in [-0.1, -0.05) is 322 Å². The van der Waals surface area contributed by atoms with Gasteiger partial charge in [0.1, 0.15) is 13.2 Å². The molecule has 83 heavy (non-hydrogen) atoms. The van der Waals surface area contributed by atoms with Crippen molar-refractivity contribution < 1.29 is 28.6 Å². The highest BCUT2D eigenvalue weighted by Crippen LogP contribution is 2.17. The summed E-state index contributed by atoms with van der Waals surface area (Å²) in [5.41, 5.74) is 0. The van der Waals surface area contributed by atoms with Crippen molar-refractivity contribution in [1.29, 1.82) is 0 Å². The van der Waals surface area contributed by atoms with E-state index in [1.807, 2.05) is 0 Å². The molecule has 0 fully saturated rings. The molecular weight excluding hydrogens is 1020 g/mol. The minimum Gasteiger partial charge on any atom is -0.462 e. The Morgan fingerprint density at radius 3 is 0.735 bits per heavy atom. The maximum atomic E-state index is 12.9. The first kappa shape index (κ1) is 78.8. The molecule has 0 aromatic carbocycles. The first-order chi connectivity index (χ1) is 41.0. The lowest BCUT2D eigenvalue weighted by atomic mass is 10.0. The van der Waals surface area contributed by atoms with Gasteiger partial charge in [0.05, 0.1) is 0 Å². The van der Waals surface area contributed by atoms with Crippen LogP contribution < -0.4 is 0 Å². The molecule has 0 aromatic heterocycles. The van der Waals surface area contributed by atoms with Crippen molar-refractivity contribution in [2.45, 2.75) is 335 Å². The summed E-state index contributed by atoms with van der Waals surface area (Å²) in [7, 11) is 0. The zero-order valence-corrected chi connectivity index (χ0v) is 54.4. The van der Waals surface area contributed by atoms with Crippen LogP contribution >= 0.6 is 0 Å². The molecule has 0 heterocycles. The molecule has 6 nitrogen and oxygen atoms in total. The fourth-order valence-electron chi connectivity index (χ4n) is 9.79. The van der Waals surface area contributed by atoms with Crippen LogP contribution in [-0.2, 0) is 28.6 Å². The zero-order valence-electron chi connectivity index (χ0n) is 54.4. The third-order valence-corrected chi connectivity index (χ3v) is 15.0. The summed E-state index contributed by atoms with van der Waals surface area (Å²) in [5.74, 6) is -0.893. The Bertz CT molecular complexity index is 1700. The van der Waals surface area contributed by atoms with Gasteiger partial charge >= 0.3 is 17.9 Å². The molecule has 0 radical (unpaired) electrons. The molecule has 0 aliphatic rings. The van der Waals surface area contributed by atoms with E-state index in [4.69, 9.17) is 14.2 Å². The first-order valence-corrected chi connectivity index (χ1v) is 35.0. The third-order valence-electron chi connectivity index (χ3n) is 15.0. The fourth-order valence-corrected chi connectivity index (χ4v) is 9.79. The van der Waals surface area contributed by atoms with Crippen LogP contribution in [0.5, 0.6) is 0 Å². The Labute approximate surface area is 513 Å². The van der Waals surface area contributed by atoms with Crippen LogP contribution in [0.15, 0.2) is 122 Å². The SMILES string of the molecule is CC/C=C\C/C=C\C/C=C\C/C=C\C/C=C\C/C=C\CCCCCCCCC(=O)OC(COC(=O)CCCCCCCCC)COC(=O)CCCCCCCCCCCCCCCCCCCCCC/C=C\C/C=C\C/C=C\C/C=C\CC. The maximum absolute atomic E-state index is 12.9. The Morgan fingerprint density at radius 1 is 0.253 bits per heavy atom. The van der Waals surface area contributed by atoms with Crippen LogP contribution in [0.25, 0.3) is 0 Å². The molecule has 0 bridgehead atoms. The number of hydrogen-bond donors (Lipinski definition) is 0. The number of rotatable bonds is 63. The minimum absolute atomic E-state index is 0.0820. The normalized spacial score (nSPS) is 12.9. The van der Waals surface area contributed by atoms with Gasteiger partial charge in [-0.15, -0.1) is 0 Å². The topological polar surface area (TPSA) is 78.9 Å². The van der Waals surface area contributed by atoms with Crippen LogP contribution in [0.1, 0.15) is 329 Å². The molecule has 0 aromatic rings. The van der Waals surface area contributed by atoms with Gasteiger partial charge in [-0.05, 0) is 109 Å². The average molecular weight is 1150 g/mol. The molecule has 0 spiro atoms. The summed E-state index contributed by atoms with van der Waals surface area (Å²) in [6.07, 6.45) is 98.3. The summed E-state index contributed by atoms with van der Waals surface area (Å²) >= 11 is 0. The van der Waals surface area contributed by atoms with E-state index in [1.54, 1.807) is 0 Å². The van der Waals surface area contributed by atoms with Gasteiger partial charge in [0.25, 0.3) is 0 Å². The summed E-state index contributed by atoms with van der Waals surface area (Å²) in [6, 6.07) is 0. The maximum Gasteiger partial charge on any atom is 0.306 e. The quantitative estimate of drug-likeness (QED) is 0.0261. The molecule has 0 saturated heterocycles. The lowest BCUT2D eigenvalue weighted by Crippen LogP contribution is -2.30. The van der Waals surface area contributed by atoms with Crippen molar-refractivity contribution in [1.82, 2.24) is 0 Å². The van der Waals surface area contributed by atoms with Crippen LogP contribution in [0.3, 0.4) is 0 Å².